The predicted molar refractivity (Wildman–Crippen MR) is 80.3 cm³/mol. The highest BCUT2D eigenvalue weighted by Gasteiger charge is 2.44. The number of nitrogens with one attached hydrogen (secondary N) is 2. The molecule has 9 heteroatoms. The van der Waals surface area contributed by atoms with E-state index in [9.17, 15) is 19.2 Å². The van der Waals surface area contributed by atoms with E-state index in [0.29, 0.717) is 11.4 Å². The van der Waals surface area contributed by atoms with Gasteiger partial charge in [-0.1, -0.05) is 6.08 Å². The van der Waals surface area contributed by atoms with Crippen LogP contribution in [0, 0.1) is 0 Å². The highest BCUT2D eigenvalue weighted by molar-refractivity contribution is 6.45. The minimum absolute atomic E-state index is 0. The molecule has 2 heterocycles. The Morgan fingerprint density at radius 3 is 2.59 bits per heavy atom. The maximum atomic E-state index is 11.9. The van der Waals surface area contributed by atoms with Crippen LogP contribution in [0.2, 0.25) is 0 Å². The Labute approximate surface area is 134 Å². The summed E-state index contributed by atoms with van der Waals surface area (Å²) in [4.78, 5) is 48.4. The molecule has 5 amide bonds. The summed E-state index contributed by atoms with van der Waals surface area (Å²) in [5.74, 6) is -2.36. The van der Waals surface area contributed by atoms with Gasteiger partial charge in [0.1, 0.15) is 6.54 Å². The fraction of sp³-hybridized carbons (Fsp3) is 0.538. The fourth-order valence-corrected chi connectivity index (χ4v) is 2.35. The van der Waals surface area contributed by atoms with E-state index in [1.54, 1.807) is 0 Å². The first-order valence-electron chi connectivity index (χ1n) is 6.83. The molecule has 0 bridgehead atoms. The monoisotopic (exact) mass is 330 g/mol. The molecule has 2 aliphatic heterocycles. The minimum Gasteiger partial charge on any atom is -0.353 e. The Morgan fingerprint density at radius 1 is 1.32 bits per heavy atom. The second-order valence-electron chi connectivity index (χ2n) is 4.98. The predicted octanol–water partition coefficient (Wildman–Crippen LogP) is -0.747. The maximum Gasteiger partial charge on any atom is 0.335 e. The van der Waals surface area contributed by atoms with Gasteiger partial charge in [0.2, 0.25) is 5.91 Å². The third-order valence-corrected chi connectivity index (χ3v) is 3.46. The van der Waals surface area contributed by atoms with Crippen molar-refractivity contribution in [2.24, 2.45) is 0 Å². The largest absolute Gasteiger partial charge is 0.353 e. The molecule has 0 aromatic rings. The quantitative estimate of drug-likeness (QED) is 0.379. The molecule has 0 saturated carbocycles. The molecule has 2 saturated heterocycles. The van der Waals surface area contributed by atoms with Crippen molar-refractivity contribution in [3.63, 3.8) is 0 Å². The molecule has 0 aromatic carbocycles. The van der Waals surface area contributed by atoms with Crippen molar-refractivity contribution in [2.45, 2.75) is 18.9 Å². The molecule has 0 radical (unpaired) electrons. The summed E-state index contributed by atoms with van der Waals surface area (Å²) in [7, 11) is 0. The van der Waals surface area contributed by atoms with Gasteiger partial charge in [0.15, 0.2) is 0 Å². The van der Waals surface area contributed by atoms with Crippen LogP contribution < -0.4 is 10.6 Å². The van der Waals surface area contributed by atoms with Crippen LogP contribution in [0.15, 0.2) is 12.7 Å². The van der Waals surface area contributed by atoms with E-state index in [2.05, 4.69) is 17.2 Å². The zero-order valence-electron chi connectivity index (χ0n) is 12.0. The Morgan fingerprint density at radius 2 is 2.00 bits per heavy atom. The standard InChI is InChI=1S/C13H18N4O4.ClH/c1-2-6-16-11(19)12(20)17(13(16)21)8-10(18)15-7-9-4-3-5-14-9;/h2,9,14H,1,3-8H2,(H,15,18);1H. The maximum absolute atomic E-state index is 11.9. The second-order valence-corrected chi connectivity index (χ2v) is 4.98. The van der Waals surface area contributed by atoms with Crippen molar-refractivity contribution >= 4 is 36.2 Å². The molecule has 122 valence electrons. The van der Waals surface area contributed by atoms with E-state index in [1.807, 2.05) is 0 Å². The van der Waals surface area contributed by atoms with Crippen molar-refractivity contribution in [1.82, 2.24) is 20.4 Å². The lowest BCUT2D eigenvalue weighted by molar-refractivity contribution is -0.143. The number of imide groups is 2. The van der Waals surface area contributed by atoms with E-state index >= 15 is 0 Å². The summed E-state index contributed by atoms with van der Waals surface area (Å²) in [5, 5.41) is 5.88. The van der Waals surface area contributed by atoms with Gasteiger partial charge in [-0.15, -0.1) is 19.0 Å². The number of rotatable bonds is 6. The van der Waals surface area contributed by atoms with Gasteiger partial charge in [-0.05, 0) is 19.4 Å². The number of carbonyl (C=O) groups excluding carboxylic acids is 4. The molecule has 2 fully saturated rings. The molecule has 1 atom stereocenters. The average molecular weight is 331 g/mol. The first kappa shape index (κ1) is 18.1. The van der Waals surface area contributed by atoms with E-state index in [1.165, 1.54) is 6.08 Å². The summed E-state index contributed by atoms with van der Waals surface area (Å²) >= 11 is 0. The third-order valence-electron chi connectivity index (χ3n) is 3.46. The highest BCUT2D eigenvalue weighted by atomic mass is 35.5. The minimum atomic E-state index is -0.976. The van der Waals surface area contributed by atoms with Crippen LogP contribution >= 0.6 is 12.4 Å². The molecule has 22 heavy (non-hydrogen) atoms. The Bertz CT molecular complexity index is 490. The van der Waals surface area contributed by atoms with E-state index < -0.39 is 30.3 Å². The molecule has 0 spiro atoms. The number of nitrogens with zero attached hydrogens (tertiary/aromatic N) is 2. The van der Waals surface area contributed by atoms with Gasteiger partial charge in [0.05, 0.1) is 0 Å². The lowest BCUT2D eigenvalue weighted by atomic mass is 10.2. The van der Waals surface area contributed by atoms with Crippen molar-refractivity contribution in [2.75, 3.05) is 26.2 Å². The van der Waals surface area contributed by atoms with Crippen LogP contribution in [-0.2, 0) is 14.4 Å². The Kier molecular flexibility index (Phi) is 6.51. The number of urea groups is 1. The van der Waals surface area contributed by atoms with Crippen molar-refractivity contribution in [1.29, 1.82) is 0 Å². The molecular formula is C13H19ClN4O4. The second kappa shape index (κ2) is 7.90. The number of hydrogen-bond acceptors (Lipinski definition) is 5. The van der Waals surface area contributed by atoms with Gasteiger partial charge in [-0.25, -0.2) is 9.69 Å². The Hall–Kier alpha value is -1.93. The third kappa shape index (κ3) is 3.83. The van der Waals surface area contributed by atoms with E-state index in [0.717, 1.165) is 24.3 Å². The van der Waals surface area contributed by atoms with Gasteiger partial charge in [0.25, 0.3) is 0 Å². The smallest absolute Gasteiger partial charge is 0.335 e. The summed E-state index contributed by atoms with van der Waals surface area (Å²) in [6.07, 6.45) is 3.39. The molecule has 2 rings (SSSR count). The van der Waals surface area contributed by atoms with Crippen LogP contribution in [-0.4, -0.2) is 65.8 Å². The fourth-order valence-electron chi connectivity index (χ4n) is 2.35. The van der Waals surface area contributed by atoms with Crippen LogP contribution in [0.4, 0.5) is 4.79 Å². The molecular weight excluding hydrogens is 312 g/mol. The van der Waals surface area contributed by atoms with Crippen molar-refractivity contribution in [3.8, 4) is 0 Å². The number of amides is 5. The van der Waals surface area contributed by atoms with Crippen LogP contribution in [0.1, 0.15) is 12.8 Å². The SMILES string of the molecule is C=CCN1C(=O)C(=O)N(CC(=O)NCC2CCCN2)C1=O.Cl. The van der Waals surface area contributed by atoms with Crippen LogP contribution in [0.3, 0.4) is 0 Å². The molecule has 2 N–H and O–H groups in total. The zero-order valence-corrected chi connectivity index (χ0v) is 12.9. The van der Waals surface area contributed by atoms with Gasteiger partial charge < -0.3 is 10.6 Å². The molecule has 2 aliphatic rings. The Balaban J connectivity index is 0.00000242. The lowest BCUT2D eigenvalue weighted by Crippen LogP contribution is -2.44. The first-order chi connectivity index (χ1) is 10.0. The van der Waals surface area contributed by atoms with Gasteiger partial charge in [-0.3, -0.25) is 19.3 Å². The van der Waals surface area contributed by atoms with E-state index in [4.69, 9.17) is 0 Å². The van der Waals surface area contributed by atoms with Gasteiger partial charge in [-0.2, -0.15) is 0 Å². The van der Waals surface area contributed by atoms with Gasteiger partial charge >= 0.3 is 17.8 Å². The van der Waals surface area contributed by atoms with Crippen molar-refractivity contribution in [3.05, 3.63) is 12.7 Å². The lowest BCUT2D eigenvalue weighted by Gasteiger charge is -2.15. The zero-order chi connectivity index (χ0) is 15.4. The molecule has 0 aromatic heterocycles. The topological polar surface area (TPSA) is 98.8 Å². The van der Waals surface area contributed by atoms with Crippen LogP contribution in [0.5, 0.6) is 0 Å². The van der Waals surface area contributed by atoms with E-state index in [-0.39, 0.29) is 25.0 Å². The highest BCUT2D eigenvalue weighted by Crippen LogP contribution is 2.11. The van der Waals surface area contributed by atoms with Crippen LogP contribution in [0.25, 0.3) is 0 Å². The number of carbonyl (C=O) groups is 4. The number of hydrogen-bond donors (Lipinski definition) is 2. The summed E-state index contributed by atoms with van der Waals surface area (Å²) in [6, 6.07) is -0.558. The van der Waals surface area contributed by atoms with Gasteiger partial charge in [0, 0.05) is 19.1 Å². The summed E-state index contributed by atoms with van der Waals surface area (Å²) < 4.78 is 0. The first-order valence-corrected chi connectivity index (χ1v) is 6.83. The molecule has 8 nitrogen and oxygen atoms in total. The summed E-state index contributed by atoms with van der Waals surface area (Å²) in [5.41, 5.74) is 0. The number of halogens is 1. The average Bonchev–Trinajstić information content (AvgIpc) is 3.04. The normalized spacial score (nSPS) is 21.1. The summed E-state index contributed by atoms with van der Waals surface area (Å²) in [6.45, 7) is 4.30. The molecule has 0 aliphatic carbocycles. The molecule has 1 unspecified atom stereocenters. The van der Waals surface area contributed by atoms with Crippen molar-refractivity contribution < 1.29 is 19.2 Å².